The number of aromatic nitrogens is 3. The second-order valence-electron chi connectivity index (χ2n) is 6.74. The number of hydrogen-bond donors (Lipinski definition) is 1. The lowest BCUT2D eigenvalue weighted by atomic mass is 10.2. The molecule has 3 heterocycles. The Balaban J connectivity index is 1.46. The van der Waals surface area contributed by atoms with E-state index in [1.165, 1.54) is 11.8 Å². The Hall–Kier alpha value is -2.58. The van der Waals surface area contributed by atoms with Crippen molar-refractivity contribution in [3.8, 4) is 11.6 Å². The lowest BCUT2D eigenvalue weighted by Gasteiger charge is -2.14. The van der Waals surface area contributed by atoms with Crippen molar-refractivity contribution >= 4 is 23.4 Å². The summed E-state index contributed by atoms with van der Waals surface area (Å²) in [4.78, 5) is 12.4. The fourth-order valence-corrected chi connectivity index (χ4v) is 3.94. The lowest BCUT2D eigenvalue weighted by Crippen LogP contribution is -2.18. The maximum Gasteiger partial charge on any atom is 0.234 e. The van der Waals surface area contributed by atoms with Gasteiger partial charge < -0.3 is 14.5 Å². The molecule has 0 bridgehead atoms. The summed E-state index contributed by atoms with van der Waals surface area (Å²) >= 11 is 1.36. The fourth-order valence-electron chi connectivity index (χ4n) is 3.19. The highest BCUT2D eigenvalue weighted by Gasteiger charge is 2.23. The van der Waals surface area contributed by atoms with Gasteiger partial charge in [-0.2, -0.15) is 0 Å². The largest absolute Gasteiger partial charge is 0.461 e. The number of furan rings is 1. The van der Waals surface area contributed by atoms with Gasteiger partial charge in [-0.3, -0.25) is 9.36 Å². The SMILES string of the molecule is Cc1cccc(NC(=O)CSc2nnc(-c3ccco3)n2C[C@H]2CCCO2)c1. The molecule has 0 spiro atoms. The van der Waals surface area contributed by atoms with E-state index in [0.717, 1.165) is 30.7 Å². The Bertz CT molecular complexity index is 933. The van der Waals surface area contributed by atoms with Crippen molar-refractivity contribution in [3.05, 3.63) is 48.2 Å². The van der Waals surface area contributed by atoms with Crippen LogP contribution in [0, 0.1) is 6.92 Å². The van der Waals surface area contributed by atoms with Gasteiger partial charge in [0.1, 0.15) is 0 Å². The number of rotatable bonds is 7. The van der Waals surface area contributed by atoms with E-state index in [4.69, 9.17) is 9.15 Å². The Kier molecular flexibility index (Phi) is 5.78. The second kappa shape index (κ2) is 8.62. The minimum atomic E-state index is -0.0817. The van der Waals surface area contributed by atoms with Crippen LogP contribution in [0.15, 0.2) is 52.2 Å². The van der Waals surface area contributed by atoms with Crippen LogP contribution in [-0.2, 0) is 16.1 Å². The predicted octanol–water partition coefficient (Wildman–Crippen LogP) is 3.76. The van der Waals surface area contributed by atoms with E-state index < -0.39 is 0 Å². The summed E-state index contributed by atoms with van der Waals surface area (Å²) in [6, 6.07) is 11.4. The smallest absolute Gasteiger partial charge is 0.234 e. The molecule has 0 unspecified atom stereocenters. The number of thioether (sulfide) groups is 1. The molecule has 1 fully saturated rings. The van der Waals surface area contributed by atoms with Crippen LogP contribution in [0.3, 0.4) is 0 Å². The third-order valence-electron chi connectivity index (χ3n) is 4.50. The van der Waals surface area contributed by atoms with Crippen LogP contribution in [0.2, 0.25) is 0 Å². The molecule has 1 aromatic carbocycles. The monoisotopic (exact) mass is 398 g/mol. The second-order valence-corrected chi connectivity index (χ2v) is 7.68. The zero-order valence-electron chi connectivity index (χ0n) is 15.6. The van der Waals surface area contributed by atoms with Crippen LogP contribution in [-0.4, -0.2) is 39.1 Å². The van der Waals surface area contributed by atoms with Crippen LogP contribution in [0.4, 0.5) is 5.69 Å². The quantitative estimate of drug-likeness (QED) is 0.610. The summed E-state index contributed by atoms with van der Waals surface area (Å²) in [5.74, 6) is 1.47. The van der Waals surface area contributed by atoms with E-state index in [2.05, 4.69) is 15.5 Å². The number of benzene rings is 1. The van der Waals surface area contributed by atoms with E-state index in [9.17, 15) is 4.79 Å². The van der Waals surface area contributed by atoms with Gasteiger partial charge in [-0.05, 0) is 49.6 Å². The number of ether oxygens (including phenoxy) is 1. The highest BCUT2D eigenvalue weighted by atomic mass is 32.2. The zero-order valence-corrected chi connectivity index (χ0v) is 16.4. The first kappa shape index (κ1) is 18.8. The number of amides is 1. The van der Waals surface area contributed by atoms with E-state index in [0.29, 0.717) is 23.3 Å². The number of nitrogens with zero attached hydrogens (tertiary/aromatic N) is 3. The third kappa shape index (κ3) is 4.45. The van der Waals surface area contributed by atoms with Crippen molar-refractivity contribution < 1.29 is 13.9 Å². The van der Waals surface area contributed by atoms with Gasteiger partial charge in [0, 0.05) is 12.3 Å². The normalized spacial score (nSPS) is 16.4. The van der Waals surface area contributed by atoms with Crippen molar-refractivity contribution in [1.82, 2.24) is 14.8 Å². The summed E-state index contributed by atoms with van der Waals surface area (Å²) in [7, 11) is 0. The van der Waals surface area contributed by atoms with E-state index >= 15 is 0 Å². The minimum absolute atomic E-state index is 0.0817. The number of hydrogen-bond acceptors (Lipinski definition) is 6. The molecule has 8 heteroatoms. The molecule has 0 aliphatic carbocycles. The third-order valence-corrected chi connectivity index (χ3v) is 5.47. The average molecular weight is 398 g/mol. The summed E-state index contributed by atoms with van der Waals surface area (Å²) < 4.78 is 13.3. The van der Waals surface area contributed by atoms with Gasteiger partial charge in [-0.1, -0.05) is 23.9 Å². The Morgan fingerprint density at radius 3 is 3.00 bits per heavy atom. The first-order valence-electron chi connectivity index (χ1n) is 9.27. The first-order chi connectivity index (χ1) is 13.7. The topological polar surface area (TPSA) is 82.2 Å². The molecule has 1 N–H and O–H groups in total. The Morgan fingerprint density at radius 2 is 2.25 bits per heavy atom. The number of carbonyl (C=O) groups is 1. The highest BCUT2D eigenvalue weighted by molar-refractivity contribution is 7.99. The molecule has 1 atom stereocenters. The van der Waals surface area contributed by atoms with Gasteiger partial charge >= 0.3 is 0 Å². The van der Waals surface area contributed by atoms with Gasteiger partial charge in [0.05, 0.1) is 24.7 Å². The average Bonchev–Trinajstić information content (AvgIpc) is 3.43. The van der Waals surface area contributed by atoms with Gasteiger partial charge in [0.25, 0.3) is 0 Å². The highest BCUT2D eigenvalue weighted by Crippen LogP contribution is 2.27. The minimum Gasteiger partial charge on any atom is -0.461 e. The molecule has 0 saturated carbocycles. The van der Waals surface area contributed by atoms with Crippen molar-refractivity contribution in [3.63, 3.8) is 0 Å². The van der Waals surface area contributed by atoms with E-state index in [1.54, 1.807) is 6.26 Å². The summed E-state index contributed by atoms with van der Waals surface area (Å²) in [6.07, 6.45) is 3.81. The summed E-state index contributed by atoms with van der Waals surface area (Å²) in [5.41, 5.74) is 1.90. The van der Waals surface area contributed by atoms with Crippen LogP contribution in [0.1, 0.15) is 18.4 Å². The van der Waals surface area contributed by atoms with Gasteiger partial charge in [-0.25, -0.2) is 0 Å². The van der Waals surface area contributed by atoms with Crippen LogP contribution in [0.5, 0.6) is 0 Å². The number of anilines is 1. The molecule has 2 aromatic heterocycles. The number of aryl methyl sites for hydroxylation is 1. The molecule has 1 saturated heterocycles. The van der Waals surface area contributed by atoms with Gasteiger partial charge in [0.15, 0.2) is 10.9 Å². The van der Waals surface area contributed by atoms with Crippen molar-refractivity contribution in [2.75, 3.05) is 17.7 Å². The molecule has 146 valence electrons. The van der Waals surface area contributed by atoms with Crippen LogP contribution < -0.4 is 5.32 Å². The number of nitrogens with one attached hydrogen (secondary N) is 1. The zero-order chi connectivity index (χ0) is 19.3. The molecule has 28 heavy (non-hydrogen) atoms. The molecular weight excluding hydrogens is 376 g/mol. The summed E-state index contributed by atoms with van der Waals surface area (Å²) in [5, 5.41) is 12.2. The molecular formula is C20H22N4O3S. The Labute approximate surface area is 167 Å². The molecule has 7 nitrogen and oxygen atoms in total. The standard InChI is InChI=1S/C20H22N4O3S/c1-14-5-2-6-15(11-14)21-18(25)13-28-20-23-22-19(17-8-4-10-27-17)24(20)12-16-7-3-9-26-16/h2,4-6,8,10-11,16H,3,7,9,12-13H2,1H3,(H,21,25)/t16-/m1/s1. The Morgan fingerprint density at radius 1 is 1.32 bits per heavy atom. The van der Waals surface area contributed by atoms with E-state index in [1.807, 2.05) is 47.9 Å². The fraction of sp³-hybridized carbons (Fsp3) is 0.350. The lowest BCUT2D eigenvalue weighted by molar-refractivity contribution is -0.113. The van der Waals surface area contributed by atoms with Crippen molar-refractivity contribution in [2.24, 2.45) is 0 Å². The molecule has 4 rings (SSSR count). The molecule has 1 aliphatic rings. The molecule has 0 radical (unpaired) electrons. The van der Waals surface area contributed by atoms with Crippen LogP contribution >= 0.6 is 11.8 Å². The molecule has 3 aromatic rings. The van der Waals surface area contributed by atoms with Crippen LogP contribution in [0.25, 0.3) is 11.6 Å². The molecule has 1 amide bonds. The maximum absolute atomic E-state index is 12.4. The van der Waals surface area contributed by atoms with Crippen molar-refractivity contribution in [1.29, 1.82) is 0 Å². The first-order valence-corrected chi connectivity index (χ1v) is 10.3. The van der Waals surface area contributed by atoms with E-state index in [-0.39, 0.29) is 17.8 Å². The number of carbonyl (C=O) groups excluding carboxylic acids is 1. The molecule has 1 aliphatic heterocycles. The maximum atomic E-state index is 12.4. The van der Waals surface area contributed by atoms with Gasteiger partial charge in [-0.15, -0.1) is 10.2 Å². The predicted molar refractivity (Wildman–Crippen MR) is 107 cm³/mol. The summed E-state index contributed by atoms with van der Waals surface area (Å²) in [6.45, 7) is 3.42. The van der Waals surface area contributed by atoms with Crippen molar-refractivity contribution in [2.45, 2.75) is 37.6 Å². The van der Waals surface area contributed by atoms with Gasteiger partial charge in [0.2, 0.25) is 11.7 Å².